The molecule has 0 N–H and O–H groups in total. The molecule has 0 aromatic rings. The molecule has 18 heavy (non-hydrogen) atoms. The Morgan fingerprint density at radius 2 is 1.56 bits per heavy atom. The highest BCUT2D eigenvalue weighted by molar-refractivity contribution is 5.69. The first-order chi connectivity index (χ1) is 7.96. The van der Waals surface area contributed by atoms with E-state index in [9.17, 15) is 4.79 Å². The largest absolute Gasteiger partial charge is 0.342 e. The van der Waals surface area contributed by atoms with Crippen LogP contribution >= 0.6 is 0 Å². The lowest BCUT2D eigenvalue weighted by molar-refractivity contribution is -0.322. The van der Waals surface area contributed by atoms with Gasteiger partial charge in [0.2, 0.25) is 0 Å². The molecule has 3 heteroatoms. The third-order valence-corrected chi connectivity index (χ3v) is 4.09. The number of rotatable bonds is 4. The molecule has 1 atom stereocenters. The maximum absolute atomic E-state index is 11.9. The first-order valence-electron chi connectivity index (χ1n) is 6.84. The van der Waals surface area contributed by atoms with Crippen LogP contribution in [0.1, 0.15) is 67.7 Å². The van der Waals surface area contributed by atoms with Crippen molar-refractivity contribution in [2.45, 2.75) is 73.3 Å². The standard InChI is InChI=1S/C15H28O3/c1-13(2,3)15(7,11-8-9-11)10-12(16)17-18-14(4,5)6/h11H,8-10H2,1-7H3. The summed E-state index contributed by atoms with van der Waals surface area (Å²) in [6, 6.07) is 0. The molecule has 0 aliphatic heterocycles. The van der Waals surface area contributed by atoms with Gasteiger partial charge in [-0.05, 0) is 50.4 Å². The zero-order valence-electron chi connectivity index (χ0n) is 12.9. The van der Waals surface area contributed by atoms with Crippen LogP contribution < -0.4 is 0 Å². The number of carbonyl (C=O) groups excluding carboxylic acids is 1. The summed E-state index contributed by atoms with van der Waals surface area (Å²) in [6.07, 6.45) is 2.87. The van der Waals surface area contributed by atoms with Gasteiger partial charge in [-0.15, -0.1) is 0 Å². The summed E-state index contributed by atoms with van der Waals surface area (Å²) >= 11 is 0. The molecule has 0 saturated heterocycles. The average molecular weight is 256 g/mol. The minimum absolute atomic E-state index is 0.00860. The van der Waals surface area contributed by atoms with Crippen LogP contribution in [-0.2, 0) is 14.6 Å². The number of hydrogen-bond donors (Lipinski definition) is 0. The highest BCUT2D eigenvalue weighted by Gasteiger charge is 2.50. The predicted molar refractivity (Wildman–Crippen MR) is 71.8 cm³/mol. The number of carbonyl (C=O) groups is 1. The van der Waals surface area contributed by atoms with Crippen LogP contribution in [0.15, 0.2) is 0 Å². The van der Waals surface area contributed by atoms with Gasteiger partial charge in [0, 0.05) is 0 Å². The van der Waals surface area contributed by atoms with E-state index in [1.807, 2.05) is 20.8 Å². The Hall–Kier alpha value is -0.570. The molecule has 0 aromatic carbocycles. The van der Waals surface area contributed by atoms with Gasteiger partial charge in [0.1, 0.15) is 5.60 Å². The maximum atomic E-state index is 11.9. The minimum Gasteiger partial charge on any atom is -0.298 e. The Morgan fingerprint density at radius 3 is 1.89 bits per heavy atom. The lowest BCUT2D eigenvalue weighted by Crippen LogP contribution is -2.38. The van der Waals surface area contributed by atoms with E-state index in [0.29, 0.717) is 12.3 Å². The second kappa shape index (κ2) is 4.84. The van der Waals surface area contributed by atoms with Gasteiger partial charge >= 0.3 is 5.97 Å². The van der Waals surface area contributed by atoms with Crippen LogP contribution in [0.2, 0.25) is 0 Å². The van der Waals surface area contributed by atoms with Gasteiger partial charge in [-0.25, -0.2) is 4.79 Å². The van der Waals surface area contributed by atoms with E-state index in [4.69, 9.17) is 9.78 Å². The van der Waals surface area contributed by atoms with Gasteiger partial charge in [0.05, 0.1) is 6.42 Å². The fraction of sp³-hybridized carbons (Fsp3) is 0.933. The molecule has 1 unspecified atom stereocenters. The molecule has 106 valence electrons. The van der Waals surface area contributed by atoms with Crippen LogP contribution in [0.4, 0.5) is 0 Å². The highest BCUT2D eigenvalue weighted by Crippen LogP contribution is 2.57. The van der Waals surface area contributed by atoms with Gasteiger partial charge in [-0.1, -0.05) is 27.7 Å². The van der Waals surface area contributed by atoms with Crippen molar-refractivity contribution < 1.29 is 14.6 Å². The second-order valence-corrected chi connectivity index (χ2v) is 7.77. The molecule has 1 fully saturated rings. The SMILES string of the molecule is CC(C)(C)OOC(=O)CC(C)(C1CC1)C(C)(C)C. The fourth-order valence-corrected chi connectivity index (χ4v) is 2.24. The molecule has 3 nitrogen and oxygen atoms in total. The normalized spacial score (nSPS) is 20.4. The molecule has 1 aliphatic carbocycles. The molecule has 0 aromatic heterocycles. The Bertz CT molecular complexity index is 305. The summed E-state index contributed by atoms with van der Waals surface area (Å²) in [6.45, 7) is 14.4. The summed E-state index contributed by atoms with van der Waals surface area (Å²) in [5, 5.41) is 0. The van der Waals surface area contributed by atoms with Crippen molar-refractivity contribution in [2.75, 3.05) is 0 Å². The minimum atomic E-state index is -0.451. The lowest BCUT2D eigenvalue weighted by atomic mass is 9.63. The lowest BCUT2D eigenvalue weighted by Gasteiger charge is -2.42. The van der Waals surface area contributed by atoms with E-state index < -0.39 is 5.60 Å². The van der Waals surface area contributed by atoms with Gasteiger partial charge in [0.25, 0.3) is 0 Å². The molecule has 0 amide bonds. The molecule has 1 rings (SSSR count). The summed E-state index contributed by atoms with van der Waals surface area (Å²) in [5.74, 6) is 0.383. The molecule has 1 aliphatic rings. The van der Waals surface area contributed by atoms with Crippen molar-refractivity contribution in [3.8, 4) is 0 Å². The first-order valence-corrected chi connectivity index (χ1v) is 6.84. The van der Waals surface area contributed by atoms with Crippen LogP contribution in [0.25, 0.3) is 0 Å². The quantitative estimate of drug-likeness (QED) is 0.561. The topological polar surface area (TPSA) is 35.5 Å². The van der Waals surface area contributed by atoms with Crippen LogP contribution in [-0.4, -0.2) is 11.6 Å². The van der Waals surface area contributed by atoms with Crippen molar-refractivity contribution >= 4 is 5.97 Å². The first kappa shape index (κ1) is 15.5. The summed E-state index contributed by atoms with van der Waals surface area (Å²) < 4.78 is 0. The summed E-state index contributed by atoms with van der Waals surface area (Å²) in [5.41, 5.74) is -0.367. The van der Waals surface area contributed by atoms with Gasteiger partial charge in [-0.2, -0.15) is 4.89 Å². The number of hydrogen-bond acceptors (Lipinski definition) is 3. The van der Waals surface area contributed by atoms with Crippen molar-refractivity contribution in [1.82, 2.24) is 0 Å². The van der Waals surface area contributed by atoms with E-state index in [2.05, 4.69) is 27.7 Å². The molecular weight excluding hydrogens is 228 g/mol. The molecular formula is C15H28O3. The van der Waals surface area contributed by atoms with Crippen LogP contribution in [0, 0.1) is 16.7 Å². The van der Waals surface area contributed by atoms with Gasteiger partial charge in [0.15, 0.2) is 0 Å². The van der Waals surface area contributed by atoms with Gasteiger partial charge < -0.3 is 0 Å². The summed E-state index contributed by atoms with van der Waals surface area (Å²) in [7, 11) is 0. The Kier molecular flexibility index (Phi) is 4.16. The van der Waals surface area contributed by atoms with Crippen molar-refractivity contribution in [2.24, 2.45) is 16.7 Å². The third-order valence-electron chi connectivity index (χ3n) is 4.09. The van der Waals surface area contributed by atoms with E-state index in [0.717, 1.165) is 0 Å². The summed E-state index contributed by atoms with van der Waals surface area (Å²) in [4.78, 5) is 22.0. The molecule has 1 saturated carbocycles. The van der Waals surface area contributed by atoms with E-state index >= 15 is 0 Å². The van der Waals surface area contributed by atoms with E-state index in [1.54, 1.807) is 0 Å². The zero-order chi connectivity index (χ0) is 14.2. The zero-order valence-corrected chi connectivity index (χ0v) is 12.9. The second-order valence-electron chi connectivity index (χ2n) is 7.77. The van der Waals surface area contributed by atoms with Crippen molar-refractivity contribution in [3.63, 3.8) is 0 Å². The van der Waals surface area contributed by atoms with Crippen molar-refractivity contribution in [1.29, 1.82) is 0 Å². The average Bonchev–Trinajstić information content (AvgIpc) is 2.94. The Morgan fingerprint density at radius 1 is 1.06 bits per heavy atom. The molecule has 0 radical (unpaired) electrons. The highest BCUT2D eigenvalue weighted by atomic mass is 17.2. The monoisotopic (exact) mass is 256 g/mol. The fourth-order valence-electron chi connectivity index (χ4n) is 2.24. The molecule has 0 spiro atoms. The third kappa shape index (κ3) is 3.98. The maximum Gasteiger partial charge on any atom is 0.342 e. The van der Waals surface area contributed by atoms with Crippen molar-refractivity contribution in [3.05, 3.63) is 0 Å². The predicted octanol–water partition coefficient (Wildman–Crippen LogP) is 4.11. The van der Waals surface area contributed by atoms with Crippen LogP contribution in [0.5, 0.6) is 0 Å². The van der Waals surface area contributed by atoms with Gasteiger partial charge in [-0.3, -0.25) is 4.89 Å². The molecule has 0 bridgehead atoms. The molecule has 0 heterocycles. The Labute approximate surface area is 111 Å². The Balaban J connectivity index is 2.60. The van der Waals surface area contributed by atoms with E-state index in [1.165, 1.54) is 12.8 Å². The van der Waals surface area contributed by atoms with Crippen LogP contribution in [0.3, 0.4) is 0 Å². The smallest absolute Gasteiger partial charge is 0.298 e. The van der Waals surface area contributed by atoms with E-state index in [-0.39, 0.29) is 16.8 Å².